The highest BCUT2D eigenvalue weighted by molar-refractivity contribution is 6.74. The molecule has 158 valence electrons. The Morgan fingerprint density at radius 3 is 2.11 bits per heavy atom. The van der Waals surface area contributed by atoms with Gasteiger partial charge in [-0.25, -0.2) is 4.79 Å². The van der Waals surface area contributed by atoms with E-state index in [-0.39, 0.29) is 24.5 Å². The van der Waals surface area contributed by atoms with E-state index in [9.17, 15) is 27.9 Å². The van der Waals surface area contributed by atoms with E-state index in [2.05, 4.69) is 26.1 Å². The SMILES string of the molecule is CC(C)(C)[Si](C)(C)OCC[C@H](NC(=O)Cc1ccc(C(F)(F)F)cc1)C(=O)O. The van der Waals surface area contributed by atoms with Gasteiger partial charge in [-0.3, -0.25) is 4.79 Å². The molecular formula is C19H28F3NO4Si. The molecule has 0 radical (unpaired) electrons. The number of carboxylic acid groups (broad SMARTS) is 1. The van der Waals surface area contributed by atoms with Crippen molar-refractivity contribution in [3.05, 3.63) is 35.4 Å². The minimum atomic E-state index is -4.45. The van der Waals surface area contributed by atoms with Crippen LogP contribution in [0.25, 0.3) is 0 Å². The minimum Gasteiger partial charge on any atom is -0.480 e. The summed E-state index contributed by atoms with van der Waals surface area (Å²) in [5.41, 5.74) is -0.435. The molecule has 0 unspecified atom stereocenters. The summed E-state index contributed by atoms with van der Waals surface area (Å²) in [6, 6.07) is 3.08. The lowest BCUT2D eigenvalue weighted by molar-refractivity contribution is -0.142. The van der Waals surface area contributed by atoms with Crippen LogP contribution in [0.3, 0.4) is 0 Å². The van der Waals surface area contributed by atoms with Crippen molar-refractivity contribution in [1.82, 2.24) is 5.32 Å². The van der Waals surface area contributed by atoms with Gasteiger partial charge in [0, 0.05) is 13.0 Å². The molecule has 0 aliphatic rings. The Labute approximate surface area is 164 Å². The van der Waals surface area contributed by atoms with Crippen LogP contribution >= 0.6 is 0 Å². The third-order valence-corrected chi connectivity index (χ3v) is 9.49. The predicted octanol–water partition coefficient (Wildman–Crippen LogP) is 4.23. The van der Waals surface area contributed by atoms with Crippen LogP contribution in [0.1, 0.15) is 38.3 Å². The Bertz CT molecular complexity index is 682. The molecule has 0 aliphatic heterocycles. The van der Waals surface area contributed by atoms with E-state index in [1.165, 1.54) is 12.1 Å². The van der Waals surface area contributed by atoms with Gasteiger partial charge in [0.15, 0.2) is 8.32 Å². The number of carbonyl (C=O) groups excluding carboxylic acids is 1. The average molecular weight is 420 g/mol. The van der Waals surface area contributed by atoms with Gasteiger partial charge in [-0.15, -0.1) is 0 Å². The van der Waals surface area contributed by atoms with Crippen LogP contribution in [0.15, 0.2) is 24.3 Å². The highest BCUT2D eigenvalue weighted by Crippen LogP contribution is 2.36. The highest BCUT2D eigenvalue weighted by atomic mass is 28.4. The largest absolute Gasteiger partial charge is 0.480 e. The van der Waals surface area contributed by atoms with Crippen LogP contribution < -0.4 is 5.32 Å². The zero-order valence-electron chi connectivity index (χ0n) is 16.8. The smallest absolute Gasteiger partial charge is 0.416 e. The minimum absolute atomic E-state index is 0.0163. The van der Waals surface area contributed by atoms with Gasteiger partial charge in [0.1, 0.15) is 6.04 Å². The molecule has 0 heterocycles. The topological polar surface area (TPSA) is 75.6 Å². The second-order valence-electron chi connectivity index (χ2n) is 8.23. The molecule has 0 bridgehead atoms. The van der Waals surface area contributed by atoms with Gasteiger partial charge >= 0.3 is 12.1 Å². The van der Waals surface area contributed by atoms with E-state index in [4.69, 9.17) is 4.43 Å². The van der Waals surface area contributed by atoms with Gasteiger partial charge < -0.3 is 14.8 Å². The Morgan fingerprint density at radius 2 is 1.68 bits per heavy atom. The summed E-state index contributed by atoms with van der Waals surface area (Å²) < 4.78 is 43.6. The van der Waals surface area contributed by atoms with E-state index in [0.29, 0.717) is 5.56 Å². The zero-order valence-corrected chi connectivity index (χ0v) is 17.8. The van der Waals surface area contributed by atoms with Crippen LogP contribution in [-0.2, 0) is 26.6 Å². The molecule has 1 atom stereocenters. The predicted molar refractivity (Wildman–Crippen MR) is 102 cm³/mol. The maximum atomic E-state index is 12.6. The Balaban J connectivity index is 2.62. The Hall–Kier alpha value is -1.87. The van der Waals surface area contributed by atoms with Gasteiger partial charge in [-0.1, -0.05) is 32.9 Å². The maximum absolute atomic E-state index is 12.6. The van der Waals surface area contributed by atoms with E-state index in [1.54, 1.807) is 0 Å². The fourth-order valence-corrected chi connectivity index (χ4v) is 3.21. The molecule has 1 aromatic carbocycles. The molecule has 0 aromatic heterocycles. The summed E-state index contributed by atoms with van der Waals surface area (Å²) in [5.74, 6) is -1.75. The first kappa shape index (κ1) is 24.2. The second kappa shape index (κ2) is 9.08. The molecular weight excluding hydrogens is 391 g/mol. The number of aliphatic carboxylic acids is 1. The lowest BCUT2D eigenvalue weighted by Crippen LogP contribution is -2.45. The number of carbonyl (C=O) groups is 2. The molecule has 0 aliphatic carbocycles. The lowest BCUT2D eigenvalue weighted by Gasteiger charge is -2.36. The number of hydrogen-bond donors (Lipinski definition) is 2. The zero-order chi connectivity index (χ0) is 21.8. The first-order valence-electron chi connectivity index (χ1n) is 8.96. The van der Waals surface area contributed by atoms with E-state index >= 15 is 0 Å². The quantitative estimate of drug-likeness (QED) is 0.619. The van der Waals surface area contributed by atoms with Crippen molar-refractivity contribution in [3.8, 4) is 0 Å². The van der Waals surface area contributed by atoms with Crippen LogP contribution in [0, 0.1) is 0 Å². The molecule has 0 fully saturated rings. The van der Waals surface area contributed by atoms with Crippen LogP contribution in [0.4, 0.5) is 13.2 Å². The molecule has 28 heavy (non-hydrogen) atoms. The first-order chi connectivity index (χ1) is 12.6. The number of benzene rings is 1. The molecule has 0 saturated carbocycles. The van der Waals surface area contributed by atoms with Gasteiger partial charge in [-0.2, -0.15) is 13.2 Å². The normalized spacial score (nSPS) is 13.9. The molecule has 1 aromatic rings. The number of rotatable bonds is 8. The molecule has 2 N–H and O–H groups in total. The molecule has 0 spiro atoms. The summed E-state index contributed by atoms with van der Waals surface area (Å²) in [6.07, 6.45) is -4.54. The number of halogens is 3. The van der Waals surface area contributed by atoms with Crippen molar-refractivity contribution in [1.29, 1.82) is 0 Å². The summed E-state index contributed by atoms with van der Waals surface area (Å²) in [5, 5.41) is 11.7. The van der Waals surface area contributed by atoms with E-state index < -0.39 is 38.0 Å². The van der Waals surface area contributed by atoms with Crippen molar-refractivity contribution in [2.75, 3.05) is 6.61 Å². The number of nitrogens with one attached hydrogen (secondary N) is 1. The van der Waals surface area contributed by atoms with Gasteiger partial charge in [0.05, 0.1) is 12.0 Å². The van der Waals surface area contributed by atoms with E-state index in [0.717, 1.165) is 12.1 Å². The molecule has 0 saturated heterocycles. The number of carboxylic acids is 1. The fraction of sp³-hybridized carbons (Fsp3) is 0.579. The average Bonchev–Trinajstić information content (AvgIpc) is 2.52. The highest BCUT2D eigenvalue weighted by Gasteiger charge is 2.37. The summed E-state index contributed by atoms with van der Waals surface area (Å²) >= 11 is 0. The second-order valence-corrected chi connectivity index (χ2v) is 13.0. The van der Waals surface area contributed by atoms with Crippen molar-refractivity contribution < 1.29 is 32.3 Å². The lowest BCUT2D eigenvalue weighted by atomic mass is 10.1. The van der Waals surface area contributed by atoms with Crippen molar-refractivity contribution >= 4 is 20.2 Å². The van der Waals surface area contributed by atoms with Gasteiger partial charge in [0.25, 0.3) is 0 Å². The molecule has 5 nitrogen and oxygen atoms in total. The van der Waals surface area contributed by atoms with Crippen LogP contribution in [0.2, 0.25) is 18.1 Å². The third kappa shape index (κ3) is 7.27. The Kier molecular flexibility index (Phi) is 7.84. The van der Waals surface area contributed by atoms with Gasteiger partial charge in [0.2, 0.25) is 5.91 Å². The summed E-state index contributed by atoms with van der Waals surface area (Å²) in [6.45, 7) is 10.5. The van der Waals surface area contributed by atoms with Crippen molar-refractivity contribution in [2.45, 2.75) is 64.0 Å². The number of hydrogen-bond acceptors (Lipinski definition) is 3. The van der Waals surface area contributed by atoms with Crippen LogP contribution in [-0.4, -0.2) is 37.9 Å². The standard InChI is InChI=1S/C19H28F3NO4Si/c1-18(2,3)28(4,5)27-11-10-15(17(25)26)23-16(24)12-13-6-8-14(9-7-13)19(20,21)22/h6-9,15H,10-12H2,1-5H3,(H,23,24)(H,25,26)/t15-/m0/s1. The first-order valence-corrected chi connectivity index (χ1v) is 11.9. The van der Waals surface area contributed by atoms with Crippen molar-refractivity contribution in [3.63, 3.8) is 0 Å². The molecule has 1 amide bonds. The summed E-state index contributed by atoms with van der Waals surface area (Å²) in [7, 11) is -2.03. The van der Waals surface area contributed by atoms with E-state index in [1.807, 2.05) is 13.1 Å². The monoisotopic (exact) mass is 419 g/mol. The third-order valence-electron chi connectivity index (χ3n) is 4.95. The number of amides is 1. The maximum Gasteiger partial charge on any atom is 0.416 e. The van der Waals surface area contributed by atoms with Crippen molar-refractivity contribution in [2.24, 2.45) is 0 Å². The molecule has 1 rings (SSSR count). The van der Waals surface area contributed by atoms with Crippen LogP contribution in [0.5, 0.6) is 0 Å². The molecule has 9 heteroatoms. The Morgan fingerprint density at radius 1 is 1.14 bits per heavy atom. The summed E-state index contributed by atoms with van der Waals surface area (Å²) in [4.78, 5) is 23.5. The van der Waals surface area contributed by atoms with Gasteiger partial charge in [-0.05, 0) is 35.8 Å². The fourth-order valence-electron chi connectivity index (χ4n) is 2.15. The number of alkyl halides is 3.